The van der Waals surface area contributed by atoms with Gasteiger partial charge < -0.3 is 15.1 Å². The Morgan fingerprint density at radius 2 is 2.19 bits per heavy atom. The fourth-order valence-corrected chi connectivity index (χ4v) is 2.65. The predicted octanol–water partition coefficient (Wildman–Crippen LogP) is 0.829. The molecule has 2 heterocycles. The SMILES string of the molecule is CCOCc1nc(NN)cc(N2CCN(CC)C(C)C2)n1. The first kappa shape index (κ1) is 15.9. The standard InChI is InChI=1S/C14H26N6O/c1-4-19-6-7-20(9-11(19)3)14-8-12(18-15)16-13(17-14)10-21-5-2/h8,11H,4-7,9-10,15H2,1-3H3,(H,16,17,18). The van der Waals surface area contributed by atoms with Crippen molar-refractivity contribution >= 4 is 11.6 Å². The maximum absolute atomic E-state index is 5.51. The Hall–Kier alpha value is -1.44. The van der Waals surface area contributed by atoms with Gasteiger partial charge in [-0.05, 0) is 20.4 Å². The van der Waals surface area contributed by atoms with Crippen LogP contribution in [-0.4, -0.2) is 53.7 Å². The number of ether oxygens (including phenoxy) is 1. The summed E-state index contributed by atoms with van der Waals surface area (Å²) in [7, 11) is 0. The minimum atomic E-state index is 0.406. The van der Waals surface area contributed by atoms with Crippen molar-refractivity contribution in [3.8, 4) is 0 Å². The van der Waals surface area contributed by atoms with Crippen LogP contribution in [0.2, 0.25) is 0 Å². The van der Waals surface area contributed by atoms with E-state index in [9.17, 15) is 0 Å². The summed E-state index contributed by atoms with van der Waals surface area (Å²) in [6.07, 6.45) is 0. The lowest BCUT2D eigenvalue weighted by Crippen LogP contribution is -2.52. The van der Waals surface area contributed by atoms with Crippen LogP contribution in [0.1, 0.15) is 26.6 Å². The highest BCUT2D eigenvalue weighted by molar-refractivity contribution is 5.49. The lowest BCUT2D eigenvalue weighted by molar-refractivity contribution is 0.128. The molecule has 1 aromatic heterocycles. The number of nitrogen functional groups attached to an aromatic ring is 1. The number of nitrogens with zero attached hydrogens (tertiary/aromatic N) is 4. The van der Waals surface area contributed by atoms with E-state index in [1.54, 1.807) is 0 Å². The van der Waals surface area contributed by atoms with Crippen molar-refractivity contribution in [3.63, 3.8) is 0 Å². The number of rotatable bonds is 6. The number of likely N-dealkylation sites (N-methyl/N-ethyl adjacent to an activating group) is 1. The Kier molecular flexibility index (Phi) is 5.72. The van der Waals surface area contributed by atoms with Gasteiger partial charge in [0.15, 0.2) is 5.82 Å². The van der Waals surface area contributed by atoms with E-state index in [2.05, 4.69) is 39.0 Å². The quantitative estimate of drug-likeness (QED) is 0.594. The van der Waals surface area contributed by atoms with Gasteiger partial charge in [-0.25, -0.2) is 15.8 Å². The van der Waals surface area contributed by atoms with Gasteiger partial charge in [-0.3, -0.25) is 4.90 Å². The topological polar surface area (TPSA) is 79.5 Å². The number of nitrogens with one attached hydrogen (secondary N) is 1. The Balaban J connectivity index is 2.14. The summed E-state index contributed by atoms with van der Waals surface area (Å²) < 4.78 is 5.40. The number of hydrogen-bond donors (Lipinski definition) is 2. The Morgan fingerprint density at radius 1 is 1.38 bits per heavy atom. The van der Waals surface area contributed by atoms with Crippen LogP contribution >= 0.6 is 0 Å². The molecule has 0 aliphatic carbocycles. The summed E-state index contributed by atoms with van der Waals surface area (Å²) in [5.41, 5.74) is 2.61. The second-order valence-corrected chi connectivity index (χ2v) is 5.23. The molecule has 118 valence electrons. The molecule has 7 heteroatoms. The molecule has 0 saturated carbocycles. The maximum atomic E-state index is 5.51. The highest BCUT2D eigenvalue weighted by atomic mass is 16.5. The molecular formula is C14H26N6O. The summed E-state index contributed by atoms with van der Waals surface area (Å²) in [4.78, 5) is 13.7. The van der Waals surface area contributed by atoms with Crippen molar-refractivity contribution in [1.82, 2.24) is 14.9 Å². The van der Waals surface area contributed by atoms with Gasteiger partial charge in [-0.2, -0.15) is 0 Å². The molecule has 1 aromatic rings. The molecular weight excluding hydrogens is 268 g/mol. The Bertz CT molecular complexity index is 455. The van der Waals surface area contributed by atoms with Crippen LogP contribution in [0.4, 0.5) is 11.6 Å². The van der Waals surface area contributed by atoms with Gasteiger partial charge in [-0.15, -0.1) is 0 Å². The van der Waals surface area contributed by atoms with Crippen LogP contribution in [0.25, 0.3) is 0 Å². The average Bonchev–Trinajstić information content (AvgIpc) is 2.52. The molecule has 0 spiro atoms. The predicted molar refractivity (Wildman–Crippen MR) is 84.1 cm³/mol. The van der Waals surface area contributed by atoms with Crippen molar-refractivity contribution in [2.45, 2.75) is 33.4 Å². The highest BCUT2D eigenvalue weighted by Gasteiger charge is 2.23. The molecule has 3 N–H and O–H groups in total. The second kappa shape index (κ2) is 7.53. The zero-order chi connectivity index (χ0) is 15.2. The number of aromatic nitrogens is 2. The van der Waals surface area contributed by atoms with E-state index in [0.29, 0.717) is 30.9 Å². The third kappa shape index (κ3) is 4.03. The molecule has 0 radical (unpaired) electrons. The molecule has 1 aliphatic heterocycles. The molecule has 1 fully saturated rings. The molecule has 1 saturated heterocycles. The highest BCUT2D eigenvalue weighted by Crippen LogP contribution is 2.20. The van der Waals surface area contributed by atoms with E-state index < -0.39 is 0 Å². The van der Waals surface area contributed by atoms with Crippen molar-refractivity contribution in [1.29, 1.82) is 0 Å². The summed E-state index contributed by atoms with van der Waals surface area (Å²) in [6.45, 7) is 11.5. The van der Waals surface area contributed by atoms with E-state index >= 15 is 0 Å². The number of nitrogens with two attached hydrogens (primary N) is 1. The maximum Gasteiger partial charge on any atom is 0.158 e. The van der Waals surface area contributed by atoms with Crippen molar-refractivity contribution in [2.24, 2.45) is 5.84 Å². The Labute approximate surface area is 126 Å². The van der Waals surface area contributed by atoms with E-state index in [1.165, 1.54) is 0 Å². The van der Waals surface area contributed by atoms with Crippen molar-refractivity contribution in [3.05, 3.63) is 11.9 Å². The smallest absolute Gasteiger partial charge is 0.158 e. The van der Waals surface area contributed by atoms with Gasteiger partial charge in [0.05, 0.1) is 0 Å². The van der Waals surface area contributed by atoms with E-state index in [1.807, 2.05) is 13.0 Å². The van der Waals surface area contributed by atoms with Gasteiger partial charge >= 0.3 is 0 Å². The molecule has 2 rings (SSSR count). The number of anilines is 2. The van der Waals surface area contributed by atoms with Crippen molar-refractivity contribution in [2.75, 3.05) is 43.1 Å². The summed E-state index contributed by atoms with van der Waals surface area (Å²) in [5.74, 6) is 7.71. The third-order valence-electron chi connectivity index (χ3n) is 3.84. The molecule has 1 aliphatic rings. The van der Waals surface area contributed by atoms with Crippen LogP contribution in [0.3, 0.4) is 0 Å². The van der Waals surface area contributed by atoms with Gasteiger partial charge in [0, 0.05) is 38.3 Å². The summed E-state index contributed by atoms with van der Waals surface area (Å²) in [5, 5.41) is 0. The first-order valence-corrected chi connectivity index (χ1v) is 7.59. The fourth-order valence-electron chi connectivity index (χ4n) is 2.65. The first-order valence-electron chi connectivity index (χ1n) is 7.59. The number of piperazine rings is 1. The lowest BCUT2D eigenvalue weighted by atomic mass is 10.2. The fraction of sp³-hybridized carbons (Fsp3) is 0.714. The van der Waals surface area contributed by atoms with Crippen LogP contribution in [-0.2, 0) is 11.3 Å². The zero-order valence-electron chi connectivity index (χ0n) is 13.2. The average molecular weight is 294 g/mol. The normalized spacial score (nSPS) is 19.8. The van der Waals surface area contributed by atoms with Crippen LogP contribution in [0.5, 0.6) is 0 Å². The zero-order valence-corrected chi connectivity index (χ0v) is 13.2. The van der Waals surface area contributed by atoms with E-state index in [-0.39, 0.29) is 0 Å². The van der Waals surface area contributed by atoms with Crippen LogP contribution in [0, 0.1) is 0 Å². The van der Waals surface area contributed by atoms with E-state index in [0.717, 1.165) is 32.0 Å². The molecule has 0 aromatic carbocycles. The summed E-state index contributed by atoms with van der Waals surface area (Å²) in [6, 6.07) is 2.41. The number of hydrazine groups is 1. The van der Waals surface area contributed by atoms with Crippen LogP contribution < -0.4 is 16.2 Å². The van der Waals surface area contributed by atoms with Gasteiger partial charge in [0.1, 0.15) is 18.2 Å². The van der Waals surface area contributed by atoms with Gasteiger partial charge in [0.2, 0.25) is 0 Å². The minimum absolute atomic E-state index is 0.406. The lowest BCUT2D eigenvalue weighted by Gasteiger charge is -2.40. The monoisotopic (exact) mass is 294 g/mol. The second-order valence-electron chi connectivity index (χ2n) is 5.23. The molecule has 7 nitrogen and oxygen atoms in total. The first-order chi connectivity index (χ1) is 10.2. The summed E-state index contributed by atoms with van der Waals surface area (Å²) >= 11 is 0. The van der Waals surface area contributed by atoms with E-state index in [4.69, 9.17) is 10.6 Å². The van der Waals surface area contributed by atoms with Gasteiger partial charge in [0.25, 0.3) is 0 Å². The molecule has 1 atom stereocenters. The van der Waals surface area contributed by atoms with Crippen LogP contribution in [0.15, 0.2) is 6.07 Å². The third-order valence-corrected chi connectivity index (χ3v) is 3.84. The van der Waals surface area contributed by atoms with Gasteiger partial charge in [-0.1, -0.05) is 6.92 Å². The molecule has 0 amide bonds. The minimum Gasteiger partial charge on any atom is -0.374 e. The Morgan fingerprint density at radius 3 is 2.81 bits per heavy atom. The largest absolute Gasteiger partial charge is 0.374 e. The molecule has 1 unspecified atom stereocenters. The molecule has 0 bridgehead atoms. The molecule has 21 heavy (non-hydrogen) atoms. The number of hydrogen-bond acceptors (Lipinski definition) is 7. The van der Waals surface area contributed by atoms with Crippen molar-refractivity contribution < 1.29 is 4.74 Å².